The number of hydrogen-bond donors (Lipinski definition) is 0. The quantitative estimate of drug-likeness (QED) is 0.427. The number of halogens is 3. The van der Waals surface area contributed by atoms with Crippen LogP contribution >= 0.6 is 39.1 Å². The van der Waals surface area contributed by atoms with Crippen LogP contribution in [0.3, 0.4) is 0 Å². The predicted molar refractivity (Wildman–Crippen MR) is 90.3 cm³/mol. The highest BCUT2D eigenvalue weighted by molar-refractivity contribution is 9.10. The van der Waals surface area contributed by atoms with E-state index in [0.717, 1.165) is 32.0 Å². The van der Waals surface area contributed by atoms with Gasteiger partial charge >= 0.3 is 0 Å². The molecule has 2 aromatic carbocycles. The summed E-state index contributed by atoms with van der Waals surface area (Å²) in [6.07, 6.45) is 0. The Labute approximate surface area is 143 Å². The van der Waals surface area contributed by atoms with Gasteiger partial charge in [-0.25, -0.2) is 0 Å². The zero-order valence-corrected chi connectivity index (χ0v) is 13.9. The molecule has 4 rings (SSSR count). The van der Waals surface area contributed by atoms with E-state index >= 15 is 0 Å². The molecule has 0 saturated heterocycles. The van der Waals surface area contributed by atoms with Crippen LogP contribution in [0.2, 0.25) is 10.6 Å². The summed E-state index contributed by atoms with van der Waals surface area (Å²) in [6.45, 7) is 0. The molecular formula is C15H6BrCl2N3O. The smallest absolute Gasteiger partial charge is 0.227 e. The van der Waals surface area contributed by atoms with Gasteiger partial charge in [-0.1, -0.05) is 28.1 Å². The molecule has 0 amide bonds. The lowest BCUT2D eigenvalue weighted by molar-refractivity contribution is 0.669. The van der Waals surface area contributed by atoms with Gasteiger partial charge in [0.1, 0.15) is 11.2 Å². The van der Waals surface area contributed by atoms with Gasteiger partial charge in [0.05, 0.1) is 0 Å². The lowest BCUT2D eigenvalue weighted by atomic mass is 10.1. The van der Waals surface area contributed by atoms with E-state index in [4.69, 9.17) is 27.6 Å². The zero-order valence-electron chi connectivity index (χ0n) is 10.8. The average Bonchev–Trinajstić information content (AvgIpc) is 2.84. The normalized spacial score (nSPS) is 11.4. The highest BCUT2D eigenvalue weighted by atomic mass is 79.9. The third kappa shape index (κ3) is 2.26. The van der Waals surface area contributed by atoms with Gasteiger partial charge in [-0.2, -0.15) is 15.0 Å². The number of benzene rings is 2. The van der Waals surface area contributed by atoms with E-state index in [1.807, 2.05) is 36.4 Å². The number of nitrogens with zero attached hydrogens (tertiary/aromatic N) is 3. The summed E-state index contributed by atoms with van der Waals surface area (Å²) in [4.78, 5) is 12.1. The zero-order chi connectivity index (χ0) is 15.3. The summed E-state index contributed by atoms with van der Waals surface area (Å²) in [5, 5.41) is 1.99. The summed E-state index contributed by atoms with van der Waals surface area (Å²) in [6, 6.07) is 11.5. The standard InChI is InChI=1S/C15H6BrCl2N3O/c16-7-4-5-10-9(6-7)12-8(2-1-3-11(12)22-10)13-19-14(17)21-15(18)20-13/h1-6H. The lowest BCUT2D eigenvalue weighted by Gasteiger charge is -2.03. The van der Waals surface area contributed by atoms with Crippen LogP contribution < -0.4 is 0 Å². The molecule has 2 heterocycles. The Morgan fingerprint density at radius 2 is 1.68 bits per heavy atom. The van der Waals surface area contributed by atoms with Crippen LogP contribution in [0.25, 0.3) is 33.3 Å². The van der Waals surface area contributed by atoms with E-state index < -0.39 is 0 Å². The summed E-state index contributed by atoms with van der Waals surface area (Å²) in [5.41, 5.74) is 2.33. The van der Waals surface area contributed by atoms with Crippen molar-refractivity contribution in [3.63, 3.8) is 0 Å². The van der Waals surface area contributed by atoms with E-state index in [9.17, 15) is 0 Å². The molecule has 0 aliphatic carbocycles. The maximum absolute atomic E-state index is 5.89. The van der Waals surface area contributed by atoms with Gasteiger partial charge in [-0.15, -0.1) is 0 Å². The maximum atomic E-state index is 5.89. The summed E-state index contributed by atoms with van der Waals surface area (Å²) in [7, 11) is 0. The Morgan fingerprint density at radius 3 is 2.45 bits per heavy atom. The Bertz CT molecular complexity index is 1010. The lowest BCUT2D eigenvalue weighted by Crippen LogP contribution is -1.94. The fraction of sp³-hybridized carbons (Fsp3) is 0. The molecule has 108 valence electrons. The number of fused-ring (bicyclic) bond motifs is 3. The Balaban J connectivity index is 2.13. The second-order valence-electron chi connectivity index (χ2n) is 4.62. The van der Waals surface area contributed by atoms with Crippen LogP contribution in [-0.4, -0.2) is 15.0 Å². The largest absolute Gasteiger partial charge is 0.456 e. The molecule has 0 aliphatic heterocycles. The average molecular weight is 395 g/mol. The summed E-state index contributed by atoms with van der Waals surface area (Å²) < 4.78 is 6.83. The monoisotopic (exact) mass is 393 g/mol. The minimum absolute atomic E-state index is 0.0565. The van der Waals surface area contributed by atoms with Gasteiger partial charge in [-0.05, 0) is 47.5 Å². The number of furan rings is 1. The van der Waals surface area contributed by atoms with E-state index in [0.29, 0.717) is 5.82 Å². The third-order valence-electron chi connectivity index (χ3n) is 3.28. The second-order valence-corrected chi connectivity index (χ2v) is 6.21. The van der Waals surface area contributed by atoms with Crippen LogP contribution in [-0.2, 0) is 0 Å². The molecule has 7 heteroatoms. The molecule has 0 N–H and O–H groups in total. The molecule has 0 bridgehead atoms. The van der Waals surface area contributed by atoms with Gasteiger partial charge in [0, 0.05) is 20.8 Å². The number of rotatable bonds is 1. The van der Waals surface area contributed by atoms with Gasteiger partial charge in [-0.3, -0.25) is 0 Å². The Kier molecular flexibility index (Phi) is 3.29. The molecule has 0 unspecified atom stereocenters. The van der Waals surface area contributed by atoms with Gasteiger partial charge in [0.2, 0.25) is 10.6 Å². The molecule has 0 spiro atoms. The molecule has 4 nitrogen and oxygen atoms in total. The van der Waals surface area contributed by atoms with Crippen molar-refractivity contribution in [1.29, 1.82) is 0 Å². The first-order chi connectivity index (χ1) is 10.6. The van der Waals surface area contributed by atoms with E-state index in [-0.39, 0.29) is 10.6 Å². The Morgan fingerprint density at radius 1 is 0.909 bits per heavy atom. The van der Waals surface area contributed by atoms with Crippen molar-refractivity contribution in [3.05, 3.63) is 51.4 Å². The summed E-state index contributed by atoms with van der Waals surface area (Å²) >= 11 is 15.3. The minimum Gasteiger partial charge on any atom is -0.456 e. The van der Waals surface area contributed by atoms with Gasteiger partial charge < -0.3 is 4.42 Å². The van der Waals surface area contributed by atoms with Crippen LogP contribution in [0.4, 0.5) is 0 Å². The van der Waals surface area contributed by atoms with Crippen molar-refractivity contribution in [3.8, 4) is 11.4 Å². The SMILES string of the molecule is Clc1nc(Cl)nc(-c2cccc3oc4ccc(Br)cc4c23)n1. The van der Waals surface area contributed by atoms with Crippen molar-refractivity contribution in [2.45, 2.75) is 0 Å². The molecular weight excluding hydrogens is 389 g/mol. The van der Waals surface area contributed by atoms with E-state index in [1.54, 1.807) is 0 Å². The molecule has 2 aromatic heterocycles. The molecule has 0 fully saturated rings. The van der Waals surface area contributed by atoms with Crippen molar-refractivity contribution >= 4 is 61.1 Å². The van der Waals surface area contributed by atoms with Crippen molar-refractivity contribution in [2.75, 3.05) is 0 Å². The van der Waals surface area contributed by atoms with Crippen molar-refractivity contribution in [1.82, 2.24) is 15.0 Å². The first-order valence-electron chi connectivity index (χ1n) is 6.30. The van der Waals surface area contributed by atoms with Crippen LogP contribution in [0.5, 0.6) is 0 Å². The van der Waals surface area contributed by atoms with Gasteiger partial charge in [0.25, 0.3) is 0 Å². The van der Waals surface area contributed by atoms with E-state index in [2.05, 4.69) is 30.9 Å². The maximum Gasteiger partial charge on any atom is 0.227 e. The molecule has 0 aliphatic rings. The van der Waals surface area contributed by atoms with Crippen LogP contribution in [0.15, 0.2) is 45.3 Å². The highest BCUT2D eigenvalue weighted by Gasteiger charge is 2.15. The van der Waals surface area contributed by atoms with Crippen molar-refractivity contribution < 1.29 is 4.42 Å². The second kappa shape index (κ2) is 5.19. The minimum atomic E-state index is 0.0565. The topological polar surface area (TPSA) is 51.8 Å². The predicted octanol–water partition coefficient (Wildman–Crippen LogP) is 5.51. The van der Waals surface area contributed by atoms with Crippen LogP contribution in [0, 0.1) is 0 Å². The van der Waals surface area contributed by atoms with E-state index in [1.165, 1.54) is 0 Å². The number of aromatic nitrogens is 3. The summed E-state index contributed by atoms with van der Waals surface area (Å²) in [5.74, 6) is 0.415. The first-order valence-corrected chi connectivity index (χ1v) is 7.85. The molecule has 0 saturated carbocycles. The molecule has 0 atom stereocenters. The third-order valence-corrected chi connectivity index (χ3v) is 4.11. The Hall–Kier alpha value is -1.69. The molecule has 4 aromatic rings. The first kappa shape index (κ1) is 13.9. The number of hydrogen-bond acceptors (Lipinski definition) is 4. The molecule has 0 radical (unpaired) electrons. The highest BCUT2D eigenvalue weighted by Crippen LogP contribution is 2.36. The molecule has 22 heavy (non-hydrogen) atoms. The fourth-order valence-electron chi connectivity index (χ4n) is 2.43. The van der Waals surface area contributed by atoms with Crippen molar-refractivity contribution in [2.24, 2.45) is 0 Å². The van der Waals surface area contributed by atoms with Gasteiger partial charge in [0.15, 0.2) is 5.82 Å². The fourth-order valence-corrected chi connectivity index (χ4v) is 3.16. The van der Waals surface area contributed by atoms with Crippen LogP contribution in [0.1, 0.15) is 0 Å².